The Morgan fingerprint density at radius 3 is 2.26 bits per heavy atom. The second kappa shape index (κ2) is 14.5. The summed E-state index contributed by atoms with van der Waals surface area (Å²) in [7, 11) is -2.74. The maximum Gasteiger partial charge on any atom is 0.404 e. The van der Waals surface area contributed by atoms with Crippen molar-refractivity contribution in [2.75, 3.05) is 33.3 Å². The van der Waals surface area contributed by atoms with E-state index in [9.17, 15) is 28.0 Å². The van der Waals surface area contributed by atoms with Crippen LogP contribution in [0.25, 0.3) is 0 Å². The lowest BCUT2D eigenvalue weighted by atomic mass is 9.84. The maximum absolute atomic E-state index is 13.8. The molecule has 0 aromatic heterocycles. The summed E-state index contributed by atoms with van der Waals surface area (Å²) in [6.45, 7) is 0.986. The van der Waals surface area contributed by atoms with Crippen LogP contribution in [0.15, 0.2) is 29.2 Å². The Morgan fingerprint density at radius 1 is 1.05 bits per heavy atom. The molecule has 1 aromatic carbocycles. The van der Waals surface area contributed by atoms with E-state index in [4.69, 9.17) is 9.84 Å². The molecule has 1 aliphatic carbocycles. The molecule has 1 unspecified atom stereocenters. The van der Waals surface area contributed by atoms with Gasteiger partial charge in [-0.25, -0.2) is 18.7 Å². The van der Waals surface area contributed by atoms with Gasteiger partial charge in [-0.2, -0.15) is 4.31 Å². The number of carboxylic acid groups (broad SMARTS) is 1. The number of sulfonamides is 1. The summed E-state index contributed by atoms with van der Waals surface area (Å²) in [4.78, 5) is 38.3. The summed E-state index contributed by atoms with van der Waals surface area (Å²) < 4.78 is 33.9. The molecule has 13 heteroatoms. The van der Waals surface area contributed by atoms with Crippen molar-refractivity contribution in [2.45, 2.75) is 68.7 Å². The van der Waals surface area contributed by atoms with Crippen LogP contribution in [-0.2, 0) is 19.6 Å². The van der Waals surface area contributed by atoms with E-state index in [0.717, 1.165) is 36.4 Å². The van der Waals surface area contributed by atoms with Crippen molar-refractivity contribution < 1.29 is 37.9 Å². The number of benzene rings is 1. The fourth-order valence-electron chi connectivity index (χ4n) is 5.48. The number of hydrogen-bond acceptors (Lipinski definition) is 7. The van der Waals surface area contributed by atoms with E-state index >= 15 is 0 Å². The molecule has 39 heavy (non-hydrogen) atoms. The number of methoxy groups -OCH3 is 1. The van der Waals surface area contributed by atoms with Gasteiger partial charge in [0, 0.05) is 32.6 Å². The first kappa shape index (κ1) is 30.6. The SMILES string of the molecule is COc1ccc(S(=O)(=O)N(CCC(=O)N2CCC(CNC(=O)O)CC2)C(CC2CCCCC2)C(=O)NO)cc1. The lowest BCUT2D eigenvalue weighted by Gasteiger charge is -2.35. The molecule has 1 aliphatic heterocycles. The molecule has 1 saturated carbocycles. The van der Waals surface area contributed by atoms with Gasteiger partial charge < -0.3 is 20.1 Å². The van der Waals surface area contributed by atoms with Crippen LogP contribution in [0.2, 0.25) is 0 Å². The minimum Gasteiger partial charge on any atom is -0.497 e. The summed E-state index contributed by atoms with van der Waals surface area (Å²) in [6.07, 6.45) is 5.14. The van der Waals surface area contributed by atoms with E-state index in [1.165, 1.54) is 31.4 Å². The molecule has 12 nitrogen and oxygen atoms in total. The molecule has 2 aliphatic rings. The molecule has 2 fully saturated rings. The van der Waals surface area contributed by atoms with Crippen LogP contribution in [0.3, 0.4) is 0 Å². The van der Waals surface area contributed by atoms with Gasteiger partial charge in [0.2, 0.25) is 15.9 Å². The normalized spacial score (nSPS) is 18.0. The van der Waals surface area contributed by atoms with Gasteiger partial charge in [0.15, 0.2) is 0 Å². The molecular weight excluding hydrogens is 528 g/mol. The Labute approximate surface area is 229 Å². The highest BCUT2D eigenvalue weighted by molar-refractivity contribution is 7.89. The second-order valence-corrected chi connectivity index (χ2v) is 12.2. The third-order valence-electron chi connectivity index (χ3n) is 7.76. The van der Waals surface area contributed by atoms with Gasteiger partial charge in [-0.1, -0.05) is 32.1 Å². The molecule has 1 saturated heterocycles. The number of hydroxylamine groups is 1. The quantitative estimate of drug-likeness (QED) is 0.220. The minimum atomic E-state index is -4.21. The van der Waals surface area contributed by atoms with Crippen molar-refractivity contribution in [2.24, 2.45) is 11.8 Å². The smallest absolute Gasteiger partial charge is 0.404 e. The molecule has 0 radical (unpaired) electrons. The third-order valence-corrected chi connectivity index (χ3v) is 9.69. The Morgan fingerprint density at radius 2 is 1.69 bits per heavy atom. The topological polar surface area (TPSA) is 166 Å². The first-order valence-corrected chi connectivity index (χ1v) is 14.9. The molecule has 3 amide bonds. The van der Waals surface area contributed by atoms with Gasteiger partial charge in [0.05, 0.1) is 12.0 Å². The van der Waals surface area contributed by atoms with Crippen molar-refractivity contribution in [3.05, 3.63) is 24.3 Å². The van der Waals surface area contributed by atoms with Crippen LogP contribution in [0, 0.1) is 11.8 Å². The highest BCUT2D eigenvalue weighted by atomic mass is 32.2. The second-order valence-electron chi connectivity index (χ2n) is 10.3. The van der Waals surface area contributed by atoms with Crippen molar-refractivity contribution in [1.82, 2.24) is 20.0 Å². The van der Waals surface area contributed by atoms with Gasteiger partial charge in [-0.05, 0) is 55.4 Å². The maximum atomic E-state index is 13.8. The zero-order valence-corrected chi connectivity index (χ0v) is 23.2. The van der Waals surface area contributed by atoms with Gasteiger partial charge in [0.25, 0.3) is 5.91 Å². The van der Waals surface area contributed by atoms with Gasteiger partial charge in [-0.15, -0.1) is 0 Å². The van der Waals surface area contributed by atoms with E-state index < -0.39 is 28.1 Å². The number of amides is 3. The van der Waals surface area contributed by atoms with Gasteiger partial charge in [-0.3, -0.25) is 14.8 Å². The number of piperidine rings is 1. The van der Waals surface area contributed by atoms with E-state index in [1.807, 2.05) is 0 Å². The summed E-state index contributed by atoms with van der Waals surface area (Å²) in [5, 5.41) is 20.7. The number of nitrogens with one attached hydrogen (secondary N) is 2. The average Bonchev–Trinajstić information content (AvgIpc) is 2.95. The molecule has 1 atom stereocenters. The van der Waals surface area contributed by atoms with Crippen LogP contribution in [0.1, 0.15) is 57.8 Å². The van der Waals surface area contributed by atoms with Crippen LogP contribution in [-0.4, -0.2) is 85.2 Å². The van der Waals surface area contributed by atoms with Crippen LogP contribution in [0.5, 0.6) is 5.75 Å². The van der Waals surface area contributed by atoms with Crippen LogP contribution in [0.4, 0.5) is 4.79 Å². The highest BCUT2D eigenvalue weighted by Crippen LogP contribution is 2.31. The number of ether oxygens (including phenoxy) is 1. The molecule has 0 spiro atoms. The summed E-state index contributed by atoms with van der Waals surface area (Å²) in [5.74, 6) is -0.328. The third kappa shape index (κ3) is 8.54. The predicted molar refractivity (Wildman–Crippen MR) is 142 cm³/mol. The monoisotopic (exact) mass is 568 g/mol. The molecule has 1 aromatic rings. The number of likely N-dealkylation sites (tertiary alicyclic amines) is 1. The van der Waals surface area contributed by atoms with Gasteiger partial charge in [0.1, 0.15) is 11.8 Å². The van der Waals surface area contributed by atoms with Gasteiger partial charge >= 0.3 is 6.09 Å². The number of nitrogens with zero attached hydrogens (tertiary/aromatic N) is 2. The van der Waals surface area contributed by atoms with Crippen molar-refractivity contribution >= 4 is 27.9 Å². The highest BCUT2D eigenvalue weighted by Gasteiger charge is 2.38. The first-order chi connectivity index (χ1) is 18.6. The largest absolute Gasteiger partial charge is 0.497 e. The molecule has 3 rings (SSSR count). The Bertz CT molecular complexity index is 1070. The summed E-state index contributed by atoms with van der Waals surface area (Å²) >= 11 is 0. The number of hydrogen-bond donors (Lipinski definition) is 4. The Balaban J connectivity index is 1.78. The fraction of sp³-hybridized carbons (Fsp3) is 0.654. The van der Waals surface area contributed by atoms with E-state index in [-0.39, 0.29) is 42.0 Å². The summed E-state index contributed by atoms with van der Waals surface area (Å²) in [6, 6.07) is 4.65. The number of rotatable bonds is 12. The lowest BCUT2D eigenvalue weighted by molar-refractivity contribution is -0.136. The standard InChI is InChI=1S/C26H40N4O8S/c1-38-21-7-9-22(10-8-21)39(36,37)30(23(25(32)28-35)17-19-5-3-2-4-6-19)16-13-24(31)29-14-11-20(12-15-29)18-27-26(33)34/h7-10,19-20,23,27,35H,2-6,11-18H2,1H3,(H,28,32)(H,33,34). The van der Waals surface area contributed by atoms with Crippen molar-refractivity contribution in [3.8, 4) is 5.75 Å². The predicted octanol–water partition coefficient (Wildman–Crippen LogP) is 2.43. The Hall–Kier alpha value is -2.90. The average molecular weight is 569 g/mol. The van der Waals surface area contributed by atoms with Crippen molar-refractivity contribution in [1.29, 1.82) is 0 Å². The number of carbonyl (C=O) groups excluding carboxylic acids is 2. The summed E-state index contributed by atoms with van der Waals surface area (Å²) in [5.41, 5.74) is 1.64. The van der Waals surface area contributed by atoms with Crippen molar-refractivity contribution in [3.63, 3.8) is 0 Å². The van der Waals surface area contributed by atoms with E-state index in [0.29, 0.717) is 38.2 Å². The zero-order chi connectivity index (χ0) is 28.4. The minimum absolute atomic E-state index is 0.0399. The molecular formula is C26H40N4O8S. The zero-order valence-electron chi connectivity index (χ0n) is 22.4. The molecule has 1 heterocycles. The molecule has 4 N–H and O–H groups in total. The van der Waals surface area contributed by atoms with E-state index in [2.05, 4.69) is 5.32 Å². The molecule has 218 valence electrons. The molecule has 0 bridgehead atoms. The first-order valence-electron chi connectivity index (χ1n) is 13.5. The lowest BCUT2D eigenvalue weighted by Crippen LogP contribution is -2.51. The van der Waals surface area contributed by atoms with E-state index in [1.54, 1.807) is 10.4 Å². The number of carbonyl (C=O) groups is 3. The van der Waals surface area contributed by atoms with Crippen LogP contribution >= 0.6 is 0 Å². The van der Waals surface area contributed by atoms with Crippen LogP contribution < -0.4 is 15.5 Å². The fourth-order valence-corrected chi connectivity index (χ4v) is 7.08. The Kier molecular flexibility index (Phi) is 11.4.